The van der Waals surface area contributed by atoms with Gasteiger partial charge in [-0.15, -0.1) is 0 Å². The second-order valence-corrected chi connectivity index (χ2v) is 5.35. The number of fused-ring (bicyclic) bond motifs is 1. The number of aromatic nitrogens is 1. The summed E-state index contributed by atoms with van der Waals surface area (Å²) in [5.41, 5.74) is 0.435. The highest BCUT2D eigenvalue weighted by molar-refractivity contribution is 5.82. The highest BCUT2D eigenvalue weighted by Gasteiger charge is 2.28. The molecule has 1 aromatic carbocycles. The maximum atomic E-state index is 13.5. The number of carboxylic acids is 1. The topological polar surface area (TPSA) is 59.3 Å². The van der Waals surface area contributed by atoms with Crippen LogP contribution in [-0.4, -0.2) is 15.6 Å². The Morgan fingerprint density at radius 3 is 2.52 bits per heavy atom. The summed E-state index contributed by atoms with van der Waals surface area (Å²) in [7, 11) is 0. The fourth-order valence-corrected chi connectivity index (χ4v) is 2.73. The summed E-state index contributed by atoms with van der Waals surface area (Å²) in [6.45, 7) is 1.65. The predicted octanol–water partition coefficient (Wildman–Crippen LogP) is 2.55. The fraction of sp³-hybridized carbons (Fsp3) is 0.333. The van der Waals surface area contributed by atoms with Crippen molar-refractivity contribution in [2.45, 2.75) is 32.2 Å². The van der Waals surface area contributed by atoms with Gasteiger partial charge in [-0.1, -0.05) is 0 Å². The van der Waals surface area contributed by atoms with Gasteiger partial charge in [-0.05, 0) is 25.8 Å². The van der Waals surface area contributed by atoms with Crippen molar-refractivity contribution in [2.24, 2.45) is 0 Å². The molecule has 0 aliphatic heterocycles. The first-order valence-electron chi connectivity index (χ1n) is 6.64. The van der Waals surface area contributed by atoms with E-state index in [9.17, 15) is 18.4 Å². The molecule has 0 saturated heterocycles. The van der Waals surface area contributed by atoms with Gasteiger partial charge in [0, 0.05) is 28.8 Å². The third-order valence-electron chi connectivity index (χ3n) is 3.85. The number of halogens is 2. The van der Waals surface area contributed by atoms with Gasteiger partial charge in [0.15, 0.2) is 17.1 Å². The largest absolute Gasteiger partial charge is 0.481 e. The maximum Gasteiger partial charge on any atom is 0.308 e. The first-order chi connectivity index (χ1) is 9.90. The van der Waals surface area contributed by atoms with Crippen molar-refractivity contribution in [3.63, 3.8) is 0 Å². The smallest absolute Gasteiger partial charge is 0.308 e. The molecule has 21 heavy (non-hydrogen) atoms. The van der Waals surface area contributed by atoms with E-state index in [2.05, 4.69) is 0 Å². The van der Waals surface area contributed by atoms with Crippen LogP contribution >= 0.6 is 0 Å². The molecule has 1 aliphatic rings. The predicted molar refractivity (Wildman–Crippen MR) is 72.5 cm³/mol. The Bertz CT molecular complexity index is 822. The standard InChI is InChI=1S/C15H13F2NO3/c1-7-9(5-14(19)20)15(21)10-4-11(16)12(17)6-13(10)18(7)8-2-3-8/h4,6,8H,2-3,5H2,1H3,(H,19,20). The molecule has 1 aromatic heterocycles. The van der Waals surface area contributed by atoms with Crippen LogP contribution in [0.25, 0.3) is 10.9 Å². The van der Waals surface area contributed by atoms with Gasteiger partial charge in [0.25, 0.3) is 0 Å². The third-order valence-corrected chi connectivity index (χ3v) is 3.85. The van der Waals surface area contributed by atoms with E-state index >= 15 is 0 Å². The Morgan fingerprint density at radius 1 is 1.33 bits per heavy atom. The molecule has 1 fully saturated rings. The lowest BCUT2D eigenvalue weighted by Crippen LogP contribution is -2.21. The molecular formula is C15H13F2NO3. The SMILES string of the molecule is Cc1c(CC(=O)O)c(=O)c2cc(F)c(F)cc2n1C1CC1. The third kappa shape index (κ3) is 2.20. The average Bonchev–Trinajstić information content (AvgIpc) is 3.22. The molecule has 110 valence electrons. The Labute approximate surface area is 118 Å². The zero-order valence-corrected chi connectivity index (χ0v) is 11.3. The van der Waals surface area contributed by atoms with Crippen LogP contribution in [0, 0.1) is 18.6 Å². The van der Waals surface area contributed by atoms with E-state index in [-0.39, 0.29) is 17.0 Å². The molecule has 1 heterocycles. The van der Waals surface area contributed by atoms with E-state index in [0.29, 0.717) is 11.2 Å². The quantitative estimate of drug-likeness (QED) is 0.946. The van der Waals surface area contributed by atoms with E-state index in [0.717, 1.165) is 25.0 Å². The van der Waals surface area contributed by atoms with Crippen molar-refractivity contribution in [2.75, 3.05) is 0 Å². The highest BCUT2D eigenvalue weighted by atomic mass is 19.2. The van der Waals surface area contributed by atoms with Crippen LogP contribution < -0.4 is 5.43 Å². The van der Waals surface area contributed by atoms with Crippen molar-refractivity contribution in [3.05, 3.63) is 45.2 Å². The monoisotopic (exact) mass is 293 g/mol. The van der Waals surface area contributed by atoms with Gasteiger partial charge in [-0.3, -0.25) is 9.59 Å². The van der Waals surface area contributed by atoms with Gasteiger partial charge in [-0.25, -0.2) is 8.78 Å². The lowest BCUT2D eigenvalue weighted by molar-refractivity contribution is -0.136. The molecule has 6 heteroatoms. The van der Waals surface area contributed by atoms with E-state index in [1.807, 2.05) is 0 Å². The number of hydrogen-bond donors (Lipinski definition) is 1. The molecule has 0 spiro atoms. The number of carboxylic acid groups (broad SMARTS) is 1. The van der Waals surface area contributed by atoms with E-state index < -0.39 is 29.5 Å². The zero-order valence-electron chi connectivity index (χ0n) is 11.3. The number of benzene rings is 1. The Kier molecular flexibility index (Phi) is 3.04. The first-order valence-corrected chi connectivity index (χ1v) is 6.64. The van der Waals surface area contributed by atoms with Gasteiger partial charge >= 0.3 is 5.97 Å². The molecule has 1 N–H and O–H groups in total. The summed E-state index contributed by atoms with van der Waals surface area (Å²) >= 11 is 0. The number of nitrogens with zero attached hydrogens (tertiary/aromatic N) is 1. The summed E-state index contributed by atoms with van der Waals surface area (Å²) in [5, 5.41) is 8.98. The van der Waals surface area contributed by atoms with Gasteiger partial charge in [-0.2, -0.15) is 0 Å². The maximum absolute atomic E-state index is 13.5. The summed E-state index contributed by atoms with van der Waals surface area (Å²) in [4.78, 5) is 23.3. The van der Waals surface area contributed by atoms with Crippen LogP contribution in [0.3, 0.4) is 0 Å². The molecule has 0 radical (unpaired) electrons. The van der Waals surface area contributed by atoms with Crippen molar-refractivity contribution in [3.8, 4) is 0 Å². The molecular weight excluding hydrogens is 280 g/mol. The second-order valence-electron chi connectivity index (χ2n) is 5.35. The van der Waals surface area contributed by atoms with Crippen LogP contribution in [-0.2, 0) is 11.2 Å². The summed E-state index contributed by atoms with van der Waals surface area (Å²) < 4.78 is 28.7. The highest BCUT2D eigenvalue weighted by Crippen LogP contribution is 2.38. The summed E-state index contributed by atoms with van der Waals surface area (Å²) in [6, 6.07) is 1.99. The number of hydrogen-bond acceptors (Lipinski definition) is 2. The molecule has 0 unspecified atom stereocenters. The van der Waals surface area contributed by atoms with Crippen LogP contribution in [0.2, 0.25) is 0 Å². The summed E-state index contributed by atoms with van der Waals surface area (Å²) in [6.07, 6.45) is 1.33. The fourth-order valence-electron chi connectivity index (χ4n) is 2.73. The van der Waals surface area contributed by atoms with E-state index in [1.54, 1.807) is 11.5 Å². The molecule has 2 aromatic rings. The number of aliphatic carboxylic acids is 1. The van der Waals surface area contributed by atoms with Gasteiger partial charge in [0.2, 0.25) is 0 Å². The first kappa shape index (κ1) is 13.7. The molecule has 0 bridgehead atoms. The number of carbonyl (C=O) groups is 1. The average molecular weight is 293 g/mol. The second kappa shape index (κ2) is 4.65. The molecule has 0 amide bonds. The minimum Gasteiger partial charge on any atom is -0.481 e. The Hall–Kier alpha value is -2.24. The van der Waals surface area contributed by atoms with Crippen LogP contribution in [0.15, 0.2) is 16.9 Å². The normalized spacial score (nSPS) is 14.6. The van der Waals surface area contributed by atoms with Crippen LogP contribution in [0.4, 0.5) is 8.78 Å². The molecule has 4 nitrogen and oxygen atoms in total. The molecule has 1 aliphatic carbocycles. The summed E-state index contributed by atoms with van der Waals surface area (Å²) in [5.74, 6) is -3.24. The Morgan fingerprint density at radius 2 is 1.95 bits per heavy atom. The van der Waals surface area contributed by atoms with Crippen molar-refractivity contribution in [1.29, 1.82) is 0 Å². The minimum absolute atomic E-state index is 0.0302. The van der Waals surface area contributed by atoms with Crippen molar-refractivity contribution >= 4 is 16.9 Å². The molecule has 3 rings (SSSR count). The zero-order chi connectivity index (χ0) is 15.3. The van der Waals surface area contributed by atoms with Crippen molar-refractivity contribution < 1.29 is 18.7 Å². The van der Waals surface area contributed by atoms with Crippen LogP contribution in [0.1, 0.15) is 30.1 Å². The lowest BCUT2D eigenvalue weighted by Gasteiger charge is -2.17. The van der Waals surface area contributed by atoms with Gasteiger partial charge in [0.05, 0.1) is 11.9 Å². The number of rotatable bonds is 3. The van der Waals surface area contributed by atoms with Gasteiger partial charge in [0.1, 0.15) is 0 Å². The lowest BCUT2D eigenvalue weighted by atomic mass is 10.0. The van der Waals surface area contributed by atoms with Gasteiger partial charge < -0.3 is 9.67 Å². The number of pyridine rings is 1. The van der Waals surface area contributed by atoms with Crippen LogP contribution in [0.5, 0.6) is 0 Å². The van der Waals surface area contributed by atoms with Crippen molar-refractivity contribution in [1.82, 2.24) is 4.57 Å². The minimum atomic E-state index is -1.13. The molecule has 1 saturated carbocycles. The Balaban J connectivity index is 2.42. The van der Waals surface area contributed by atoms with E-state index in [1.165, 1.54) is 0 Å². The molecule has 0 atom stereocenters. The van der Waals surface area contributed by atoms with E-state index in [4.69, 9.17) is 5.11 Å².